The summed E-state index contributed by atoms with van der Waals surface area (Å²) in [6.45, 7) is 0. The molecule has 1 N–H and O–H groups in total. The zero-order valence-electron chi connectivity index (χ0n) is 6.22. The zero-order valence-corrected chi connectivity index (χ0v) is 9.97. The summed E-state index contributed by atoms with van der Waals surface area (Å²) in [5.41, 5.74) is 0. The first-order chi connectivity index (χ1) is 5.74. The van der Waals surface area contributed by atoms with E-state index in [1.54, 1.807) is 0 Å². The summed E-state index contributed by atoms with van der Waals surface area (Å²) < 4.78 is 0. The smallest absolute Gasteiger partial charge is 0.250 e. The van der Waals surface area contributed by atoms with Crippen LogP contribution in [0.1, 0.15) is 0 Å². The molecule has 0 atom stereocenters. The van der Waals surface area contributed by atoms with Gasteiger partial charge in [0.15, 0.2) is 0 Å². The maximum atomic E-state index is 10.6. The molecule has 0 spiro atoms. The van der Waals surface area contributed by atoms with E-state index in [1.807, 2.05) is 0 Å². The third-order valence-corrected chi connectivity index (χ3v) is 1.11. The van der Waals surface area contributed by atoms with Crippen molar-refractivity contribution in [1.29, 1.82) is 0 Å². The van der Waals surface area contributed by atoms with Crippen molar-refractivity contribution in [3.05, 3.63) is 6.26 Å². The van der Waals surface area contributed by atoms with Gasteiger partial charge < -0.3 is 5.32 Å². The van der Waals surface area contributed by atoms with Crippen molar-refractivity contribution in [1.82, 2.24) is 5.32 Å². The summed E-state index contributed by atoms with van der Waals surface area (Å²) in [5, 5.41) is 1.51. The first-order valence-corrected chi connectivity index (χ1v) is 3.59. The zero-order chi connectivity index (χ0) is 9.40. The van der Waals surface area contributed by atoms with E-state index in [0.29, 0.717) is 11.8 Å². The molecule has 8 heteroatoms. The van der Waals surface area contributed by atoms with Gasteiger partial charge in [0.25, 0.3) is 0 Å². The average molecular weight is 370 g/mol. The third kappa shape index (κ3) is 7.62. The molecule has 0 aromatic carbocycles. The Kier molecular flexibility index (Phi) is 10.6. The molecular weight excluding hydrogens is 366 g/mol. The minimum absolute atomic E-state index is 0. The molecule has 0 aliphatic heterocycles. The van der Waals surface area contributed by atoms with Gasteiger partial charge in [0.2, 0.25) is 23.7 Å². The molecule has 0 bridgehead atoms. The topological polar surface area (TPSA) is 88.0 Å². The van der Waals surface area contributed by atoms with Crippen molar-refractivity contribution < 1.29 is 35.4 Å². The minimum atomic E-state index is -1.25. The number of aliphatic imine (C=N–C) groups is 2. The van der Waals surface area contributed by atoms with Crippen LogP contribution in [0.2, 0.25) is 0 Å². The van der Waals surface area contributed by atoms with Gasteiger partial charge in [0.05, 0.1) is 0 Å². The number of rotatable bonds is 3. The Bertz CT molecular complexity index is 242. The Morgan fingerprint density at radius 3 is 2.15 bits per heavy atom. The standard InChI is InChI=1S/C5H4N3O3S.W/c1-12-5(11)8-4(6-2-9)7-3-10;/h4H,1H2,(H,8,11);/q-1;. The quantitative estimate of drug-likeness (QED) is 0.436. The molecule has 0 radical (unpaired) electrons. The maximum Gasteiger partial charge on any atom is 0.250 e. The van der Waals surface area contributed by atoms with Crippen LogP contribution in [0.3, 0.4) is 0 Å². The molecular formula is C5H4N3O3SW-. The number of nitrogens with one attached hydrogen (secondary N) is 1. The second-order valence-electron chi connectivity index (χ2n) is 1.39. The average Bonchev–Trinajstić information content (AvgIpc) is 2.05. The Hall–Kier alpha value is -0.732. The van der Waals surface area contributed by atoms with E-state index in [2.05, 4.69) is 21.6 Å². The molecule has 0 aromatic rings. The third-order valence-electron chi connectivity index (χ3n) is 0.728. The van der Waals surface area contributed by atoms with Crippen LogP contribution in [0, 0.1) is 6.26 Å². The molecule has 0 fully saturated rings. The van der Waals surface area contributed by atoms with E-state index in [4.69, 9.17) is 0 Å². The number of hydrogen-bond acceptors (Lipinski definition) is 6. The summed E-state index contributed by atoms with van der Waals surface area (Å²) in [5.74, 6) is 0. The molecule has 0 aliphatic rings. The van der Waals surface area contributed by atoms with Gasteiger partial charge in [0, 0.05) is 21.1 Å². The Morgan fingerprint density at radius 2 is 1.85 bits per heavy atom. The van der Waals surface area contributed by atoms with Gasteiger partial charge in [-0.05, 0) is 0 Å². The van der Waals surface area contributed by atoms with Crippen LogP contribution in [0.5, 0.6) is 0 Å². The fourth-order valence-electron chi connectivity index (χ4n) is 0.340. The first-order valence-electron chi connectivity index (χ1n) is 2.61. The van der Waals surface area contributed by atoms with Crippen LogP contribution in [-0.4, -0.2) is 23.7 Å². The van der Waals surface area contributed by atoms with Crippen molar-refractivity contribution >= 4 is 29.2 Å². The molecule has 1 amide bonds. The van der Waals surface area contributed by atoms with Crippen molar-refractivity contribution in [3.8, 4) is 0 Å². The van der Waals surface area contributed by atoms with Gasteiger partial charge in [-0.15, -0.1) is 0 Å². The molecule has 70 valence electrons. The molecule has 0 saturated heterocycles. The SMILES string of the molecule is [CH2-]SC(=O)NC(N=C=O)N=C=O.[W]. The van der Waals surface area contributed by atoms with Crippen LogP contribution >= 0.6 is 11.8 Å². The number of carbonyl (C=O) groups excluding carboxylic acids is 3. The van der Waals surface area contributed by atoms with Gasteiger partial charge in [-0.1, -0.05) is 0 Å². The monoisotopic (exact) mass is 370 g/mol. The predicted molar refractivity (Wildman–Crippen MR) is 41.5 cm³/mol. The molecule has 0 saturated carbocycles. The van der Waals surface area contributed by atoms with Gasteiger partial charge in [-0.2, -0.15) is 9.98 Å². The van der Waals surface area contributed by atoms with Crippen LogP contribution in [0.25, 0.3) is 0 Å². The van der Waals surface area contributed by atoms with E-state index in [0.717, 1.165) is 12.2 Å². The normalized spacial score (nSPS) is 9.62. The fourth-order valence-corrected chi connectivity index (χ4v) is 0.529. The number of nitrogens with zero attached hydrogens (tertiary/aromatic N) is 2. The van der Waals surface area contributed by atoms with Gasteiger partial charge in [-0.3, -0.25) is 22.8 Å². The van der Waals surface area contributed by atoms with Gasteiger partial charge in [-0.25, -0.2) is 9.59 Å². The predicted octanol–water partition coefficient (Wildman–Crippen LogP) is 0.173. The number of hydrogen-bond donors (Lipinski definition) is 1. The molecule has 6 nitrogen and oxygen atoms in total. The van der Waals surface area contributed by atoms with Crippen molar-refractivity contribution in [2.45, 2.75) is 6.29 Å². The van der Waals surface area contributed by atoms with E-state index >= 15 is 0 Å². The van der Waals surface area contributed by atoms with Crippen LogP contribution in [0.4, 0.5) is 4.79 Å². The van der Waals surface area contributed by atoms with Gasteiger partial charge in [0.1, 0.15) is 0 Å². The summed E-state index contributed by atoms with van der Waals surface area (Å²) in [6, 6.07) is 0. The van der Waals surface area contributed by atoms with Crippen molar-refractivity contribution in [2.24, 2.45) is 9.98 Å². The minimum Gasteiger partial charge on any atom is -0.307 e. The van der Waals surface area contributed by atoms with Crippen LogP contribution in [-0.2, 0) is 30.7 Å². The van der Waals surface area contributed by atoms with Crippen LogP contribution in [0.15, 0.2) is 9.98 Å². The molecule has 0 aromatic heterocycles. The summed E-state index contributed by atoms with van der Waals surface area (Å²) in [6.07, 6.45) is 4.21. The van der Waals surface area contributed by atoms with E-state index in [9.17, 15) is 14.4 Å². The number of isocyanates is 2. The molecule has 0 unspecified atom stereocenters. The molecule has 0 heterocycles. The van der Waals surface area contributed by atoms with E-state index in [-0.39, 0.29) is 21.1 Å². The second-order valence-corrected chi connectivity index (χ2v) is 2.05. The number of carbonyl (C=O) groups is 1. The summed E-state index contributed by atoms with van der Waals surface area (Å²) >= 11 is 0.625. The molecule has 0 rings (SSSR count). The Labute approximate surface area is 92.5 Å². The number of amides is 1. The number of thioether (sulfide) groups is 1. The summed E-state index contributed by atoms with van der Waals surface area (Å²) in [7, 11) is 0. The van der Waals surface area contributed by atoms with Crippen molar-refractivity contribution in [2.75, 3.05) is 0 Å². The molecule has 13 heavy (non-hydrogen) atoms. The summed E-state index contributed by atoms with van der Waals surface area (Å²) in [4.78, 5) is 36.0. The fraction of sp³-hybridized carbons (Fsp3) is 0.200. The van der Waals surface area contributed by atoms with E-state index < -0.39 is 11.5 Å². The van der Waals surface area contributed by atoms with Crippen molar-refractivity contribution in [3.63, 3.8) is 0 Å². The second kappa shape index (κ2) is 9.36. The Balaban J connectivity index is 0. The van der Waals surface area contributed by atoms with E-state index in [1.165, 1.54) is 0 Å². The van der Waals surface area contributed by atoms with Gasteiger partial charge >= 0.3 is 0 Å². The van der Waals surface area contributed by atoms with Crippen LogP contribution < -0.4 is 5.32 Å². The largest absolute Gasteiger partial charge is 0.307 e. The Morgan fingerprint density at radius 1 is 1.38 bits per heavy atom. The first kappa shape index (κ1) is 14.8. The molecule has 0 aliphatic carbocycles. The maximum absolute atomic E-state index is 10.6.